The van der Waals surface area contributed by atoms with Gasteiger partial charge in [-0.05, 0) is 30.5 Å². The first-order chi connectivity index (χ1) is 9.95. The third-order valence-electron chi connectivity index (χ3n) is 3.05. The van der Waals surface area contributed by atoms with Gasteiger partial charge in [-0.15, -0.1) is 0 Å². The molecule has 0 fully saturated rings. The van der Waals surface area contributed by atoms with Gasteiger partial charge in [-0.25, -0.2) is 0 Å². The Balaban J connectivity index is 2.04. The van der Waals surface area contributed by atoms with Crippen LogP contribution >= 0.6 is 0 Å². The van der Waals surface area contributed by atoms with Crippen LogP contribution in [-0.2, 0) is 13.0 Å². The smallest absolute Gasteiger partial charge is 0.248 e. The van der Waals surface area contributed by atoms with Gasteiger partial charge in [-0.1, -0.05) is 25.1 Å². The number of nitrogens with one attached hydrogen (secondary N) is 1. The van der Waals surface area contributed by atoms with E-state index in [9.17, 15) is 4.79 Å². The van der Waals surface area contributed by atoms with Crippen molar-refractivity contribution in [1.29, 1.82) is 0 Å². The Labute approximate surface area is 123 Å². The molecule has 3 N–H and O–H groups in total. The molecule has 0 radical (unpaired) electrons. The summed E-state index contributed by atoms with van der Waals surface area (Å²) in [5.74, 6) is 1.27. The molecule has 0 spiro atoms. The van der Waals surface area contributed by atoms with Gasteiger partial charge in [0, 0.05) is 17.7 Å². The minimum Gasteiger partial charge on any atom is -0.376 e. The minimum atomic E-state index is -0.449. The van der Waals surface area contributed by atoms with Gasteiger partial charge in [0.15, 0.2) is 5.82 Å². The van der Waals surface area contributed by atoms with E-state index in [0.29, 0.717) is 29.7 Å². The zero-order chi connectivity index (χ0) is 15.4. The Morgan fingerprint density at radius 1 is 1.43 bits per heavy atom. The van der Waals surface area contributed by atoms with Gasteiger partial charge in [0.2, 0.25) is 11.8 Å². The summed E-state index contributed by atoms with van der Waals surface area (Å²) < 4.78 is 5.19. The Kier molecular flexibility index (Phi) is 4.57. The summed E-state index contributed by atoms with van der Waals surface area (Å²) in [6.45, 7) is 6.57. The fraction of sp³-hybridized carbons (Fsp3) is 0.400. The van der Waals surface area contributed by atoms with E-state index in [4.69, 9.17) is 10.3 Å². The molecule has 0 unspecified atom stereocenters. The number of primary amides is 1. The molecule has 0 aliphatic heterocycles. The molecule has 0 aliphatic carbocycles. The van der Waals surface area contributed by atoms with Gasteiger partial charge in [0.25, 0.3) is 0 Å². The highest BCUT2D eigenvalue weighted by molar-refractivity contribution is 5.93. The average Bonchev–Trinajstić information content (AvgIpc) is 2.84. The number of amides is 1. The molecule has 0 saturated heterocycles. The lowest BCUT2D eigenvalue weighted by molar-refractivity contribution is 0.100. The van der Waals surface area contributed by atoms with E-state index in [0.717, 1.165) is 17.7 Å². The van der Waals surface area contributed by atoms with Gasteiger partial charge < -0.3 is 15.6 Å². The molecule has 6 nitrogen and oxygen atoms in total. The van der Waals surface area contributed by atoms with Crippen molar-refractivity contribution >= 4 is 11.6 Å². The topological polar surface area (TPSA) is 94.0 Å². The van der Waals surface area contributed by atoms with Crippen LogP contribution in [0.5, 0.6) is 0 Å². The predicted molar refractivity (Wildman–Crippen MR) is 79.9 cm³/mol. The maximum atomic E-state index is 11.2. The first kappa shape index (κ1) is 15.0. The largest absolute Gasteiger partial charge is 0.376 e. The van der Waals surface area contributed by atoms with E-state index in [1.54, 1.807) is 12.1 Å². The summed E-state index contributed by atoms with van der Waals surface area (Å²) in [6, 6.07) is 5.28. The summed E-state index contributed by atoms with van der Waals surface area (Å²) in [4.78, 5) is 15.5. The average molecular weight is 288 g/mol. The van der Waals surface area contributed by atoms with E-state index in [1.807, 2.05) is 13.0 Å². The zero-order valence-electron chi connectivity index (χ0n) is 12.5. The molecule has 1 aromatic carbocycles. The number of rotatable bonds is 6. The highest BCUT2D eigenvalue weighted by atomic mass is 16.5. The van der Waals surface area contributed by atoms with Gasteiger partial charge in [-0.2, -0.15) is 4.98 Å². The fourth-order valence-electron chi connectivity index (χ4n) is 1.95. The first-order valence-corrected chi connectivity index (χ1v) is 6.91. The molecule has 0 atom stereocenters. The van der Waals surface area contributed by atoms with Crippen molar-refractivity contribution in [3.8, 4) is 0 Å². The van der Waals surface area contributed by atoms with Gasteiger partial charge in [0.1, 0.15) is 0 Å². The molecular formula is C15H20N4O2. The van der Waals surface area contributed by atoms with Crippen molar-refractivity contribution in [2.24, 2.45) is 11.7 Å². The van der Waals surface area contributed by atoms with E-state index in [1.165, 1.54) is 0 Å². The molecular weight excluding hydrogens is 268 g/mol. The Morgan fingerprint density at radius 2 is 2.19 bits per heavy atom. The van der Waals surface area contributed by atoms with Gasteiger partial charge in [0.05, 0.1) is 6.54 Å². The van der Waals surface area contributed by atoms with Crippen LogP contribution in [0.3, 0.4) is 0 Å². The van der Waals surface area contributed by atoms with Crippen LogP contribution in [0.1, 0.15) is 41.5 Å². The van der Waals surface area contributed by atoms with Crippen LogP contribution < -0.4 is 11.1 Å². The first-order valence-electron chi connectivity index (χ1n) is 6.91. The van der Waals surface area contributed by atoms with Crippen molar-refractivity contribution in [2.45, 2.75) is 33.7 Å². The molecule has 2 rings (SSSR count). The van der Waals surface area contributed by atoms with Crippen LogP contribution in [0.2, 0.25) is 0 Å². The lowest BCUT2D eigenvalue weighted by atomic mass is 10.1. The van der Waals surface area contributed by atoms with Crippen LogP contribution in [0.4, 0.5) is 5.69 Å². The van der Waals surface area contributed by atoms with E-state index in [-0.39, 0.29) is 0 Å². The van der Waals surface area contributed by atoms with E-state index in [2.05, 4.69) is 29.3 Å². The quantitative estimate of drug-likeness (QED) is 0.850. The number of aryl methyl sites for hydroxylation is 1. The molecule has 0 saturated carbocycles. The Morgan fingerprint density at radius 3 is 2.86 bits per heavy atom. The Hall–Kier alpha value is -2.37. The zero-order valence-corrected chi connectivity index (χ0v) is 12.5. The predicted octanol–water partition coefficient (Wildman–Crippen LogP) is 2.29. The van der Waals surface area contributed by atoms with Crippen LogP contribution in [-0.4, -0.2) is 16.0 Å². The van der Waals surface area contributed by atoms with E-state index < -0.39 is 5.91 Å². The van der Waals surface area contributed by atoms with Gasteiger partial charge >= 0.3 is 0 Å². The highest BCUT2D eigenvalue weighted by Gasteiger charge is 2.09. The second-order valence-electron chi connectivity index (χ2n) is 5.45. The number of carbonyl (C=O) groups excluding carboxylic acids is 1. The number of aromatic nitrogens is 2. The molecule has 0 aliphatic rings. The van der Waals surface area contributed by atoms with Crippen molar-refractivity contribution in [3.63, 3.8) is 0 Å². The monoisotopic (exact) mass is 288 g/mol. The molecule has 6 heteroatoms. The summed E-state index contributed by atoms with van der Waals surface area (Å²) >= 11 is 0. The molecule has 21 heavy (non-hydrogen) atoms. The summed E-state index contributed by atoms with van der Waals surface area (Å²) in [7, 11) is 0. The number of hydrogen-bond donors (Lipinski definition) is 2. The van der Waals surface area contributed by atoms with Crippen molar-refractivity contribution in [3.05, 3.63) is 41.0 Å². The fourth-order valence-corrected chi connectivity index (χ4v) is 1.95. The minimum absolute atomic E-state index is 0.411. The molecule has 112 valence electrons. The van der Waals surface area contributed by atoms with E-state index >= 15 is 0 Å². The third-order valence-corrected chi connectivity index (χ3v) is 3.05. The lowest BCUT2D eigenvalue weighted by Crippen LogP contribution is -2.12. The summed E-state index contributed by atoms with van der Waals surface area (Å²) in [5.41, 5.74) is 7.59. The molecule has 1 heterocycles. The maximum Gasteiger partial charge on any atom is 0.248 e. The third kappa shape index (κ3) is 4.05. The second kappa shape index (κ2) is 6.39. The lowest BCUT2D eigenvalue weighted by Gasteiger charge is -2.08. The van der Waals surface area contributed by atoms with Crippen molar-refractivity contribution in [1.82, 2.24) is 10.1 Å². The normalized spacial score (nSPS) is 10.9. The van der Waals surface area contributed by atoms with Crippen LogP contribution in [0, 0.1) is 12.8 Å². The van der Waals surface area contributed by atoms with Gasteiger partial charge in [-0.3, -0.25) is 4.79 Å². The number of nitrogens with two attached hydrogens (primary N) is 1. The maximum absolute atomic E-state index is 11.2. The van der Waals surface area contributed by atoms with Crippen LogP contribution in [0.25, 0.3) is 0 Å². The summed E-state index contributed by atoms with van der Waals surface area (Å²) in [5, 5.41) is 7.12. The highest BCUT2D eigenvalue weighted by Crippen LogP contribution is 2.17. The van der Waals surface area contributed by atoms with Crippen molar-refractivity contribution in [2.75, 3.05) is 5.32 Å². The SMILES string of the molecule is Cc1ccc(C(N)=O)cc1NCc1nc(CC(C)C)no1. The van der Waals surface area contributed by atoms with Crippen LogP contribution in [0.15, 0.2) is 22.7 Å². The molecule has 2 aromatic rings. The molecule has 1 amide bonds. The number of carbonyl (C=O) groups is 1. The standard InChI is InChI=1S/C15H20N4O2/c1-9(2)6-13-18-14(21-19-13)8-17-12-7-11(15(16)20)5-4-10(12)3/h4-5,7,9,17H,6,8H2,1-3H3,(H2,16,20). The number of anilines is 1. The Bertz CT molecular complexity index is 634. The molecule has 1 aromatic heterocycles. The summed E-state index contributed by atoms with van der Waals surface area (Å²) in [6.07, 6.45) is 0.791. The molecule has 0 bridgehead atoms. The van der Waals surface area contributed by atoms with Crippen molar-refractivity contribution < 1.29 is 9.32 Å². The number of benzene rings is 1. The number of hydrogen-bond acceptors (Lipinski definition) is 5. The second-order valence-corrected chi connectivity index (χ2v) is 5.45. The number of nitrogens with zero attached hydrogens (tertiary/aromatic N) is 2.